The number of hydrogen-bond acceptors (Lipinski definition) is 6. The predicted molar refractivity (Wildman–Crippen MR) is 154 cm³/mol. The van der Waals surface area contributed by atoms with E-state index < -0.39 is 5.91 Å². The fourth-order valence-electron chi connectivity index (χ4n) is 4.05. The molecule has 0 aromatic heterocycles. The van der Waals surface area contributed by atoms with Gasteiger partial charge in [0.05, 0.1) is 30.7 Å². The van der Waals surface area contributed by atoms with Gasteiger partial charge >= 0.3 is 0 Å². The van der Waals surface area contributed by atoms with E-state index in [-0.39, 0.29) is 5.91 Å². The van der Waals surface area contributed by atoms with E-state index in [1.165, 1.54) is 0 Å². The number of carbonyl (C=O) groups is 2. The Labute approximate surface area is 231 Å². The van der Waals surface area contributed by atoms with Crippen molar-refractivity contribution in [2.24, 2.45) is 5.10 Å². The number of nitrogens with zero attached hydrogens (tertiary/aromatic N) is 2. The highest BCUT2D eigenvalue weighted by molar-refractivity contribution is 9.10. The number of carbonyl (C=O) groups excluding carboxylic acids is 2. The lowest BCUT2D eigenvalue weighted by Gasteiger charge is -2.26. The fraction of sp³-hybridized carbons (Fsp3) is 0.276. The number of hydrogen-bond donors (Lipinski definition) is 3. The molecule has 3 aromatic carbocycles. The third-order valence-electron chi connectivity index (χ3n) is 6.15. The summed E-state index contributed by atoms with van der Waals surface area (Å²) in [6.45, 7) is 8.17. The minimum atomic E-state index is -0.427. The van der Waals surface area contributed by atoms with Gasteiger partial charge in [0.25, 0.3) is 11.8 Å². The number of ether oxygens (including phenoxy) is 1. The number of anilines is 1. The van der Waals surface area contributed by atoms with Crippen molar-refractivity contribution in [3.63, 3.8) is 0 Å². The second-order valence-electron chi connectivity index (χ2n) is 9.09. The molecular weight excluding hydrogens is 546 g/mol. The number of hydrazone groups is 1. The Hall–Kier alpha value is -3.37. The van der Waals surface area contributed by atoms with Crippen molar-refractivity contribution in [1.29, 1.82) is 0 Å². The van der Waals surface area contributed by atoms with Gasteiger partial charge in [-0.1, -0.05) is 57.9 Å². The third-order valence-corrected chi connectivity index (χ3v) is 6.64. The van der Waals surface area contributed by atoms with Crippen molar-refractivity contribution in [2.75, 3.05) is 44.7 Å². The standard InChI is InChI=1S/C29H32BrN5O3/c1-21-3-2-4-23(17-21)20-32-34-29(37)26-18-25(30)9-10-27(26)33-28(36)24-7-5-22(6-8-24)19-31-11-12-35-13-15-38-16-14-35/h2-10,17-18,20,31H,11-16,19H2,1H3,(H,33,36)(H,34,37). The molecule has 1 aliphatic heterocycles. The summed E-state index contributed by atoms with van der Waals surface area (Å²) in [4.78, 5) is 28.2. The first-order valence-electron chi connectivity index (χ1n) is 12.6. The molecule has 0 saturated carbocycles. The van der Waals surface area contributed by atoms with Crippen molar-refractivity contribution in [2.45, 2.75) is 13.5 Å². The molecule has 1 saturated heterocycles. The number of amides is 2. The van der Waals surface area contributed by atoms with E-state index in [0.29, 0.717) is 21.3 Å². The Morgan fingerprint density at radius 3 is 2.58 bits per heavy atom. The lowest BCUT2D eigenvalue weighted by molar-refractivity contribution is 0.0384. The Balaban J connectivity index is 1.31. The van der Waals surface area contributed by atoms with Crippen LogP contribution in [0.5, 0.6) is 0 Å². The van der Waals surface area contributed by atoms with Gasteiger partial charge in [0.15, 0.2) is 0 Å². The number of rotatable bonds is 10. The first-order chi connectivity index (χ1) is 18.5. The van der Waals surface area contributed by atoms with Crippen molar-refractivity contribution in [3.8, 4) is 0 Å². The lowest BCUT2D eigenvalue weighted by atomic mass is 10.1. The molecule has 1 fully saturated rings. The molecule has 3 aromatic rings. The number of nitrogens with one attached hydrogen (secondary N) is 3. The van der Waals surface area contributed by atoms with Gasteiger partial charge < -0.3 is 15.4 Å². The summed E-state index contributed by atoms with van der Waals surface area (Å²) in [5.74, 6) is -0.722. The SMILES string of the molecule is Cc1cccc(C=NNC(=O)c2cc(Br)ccc2NC(=O)c2ccc(CNCCN3CCOCC3)cc2)c1. The van der Waals surface area contributed by atoms with E-state index in [0.717, 1.165) is 62.6 Å². The minimum Gasteiger partial charge on any atom is -0.379 e. The van der Waals surface area contributed by atoms with Crippen LogP contribution in [0.1, 0.15) is 37.4 Å². The summed E-state index contributed by atoms with van der Waals surface area (Å²) in [5, 5.41) is 10.4. The molecule has 3 N–H and O–H groups in total. The van der Waals surface area contributed by atoms with Gasteiger partial charge in [0.2, 0.25) is 0 Å². The molecule has 0 aliphatic carbocycles. The Morgan fingerprint density at radius 1 is 1.03 bits per heavy atom. The van der Waals surface area contributed by atoms with E-state index in [1.54, 1.807) is 36.5 Å². The molecule has 198 valence electrons. The molecule has 4 rings (SSSR count). The Morgan fingerprint density at radius 2 is 1.82 bits per heavy atom. The van der Waals surface area contributed by atoms with Crippen LogP contribution in [0.25, 0.3) is 0 Å². The van der Waals surface area contributed by atoms with Crippen LogP contribution in [-0.4, -0.2) is 62.3 Å². The molecule has 0 unspecified atom stereocenters. The summed E-state index contributed by atoms with van der Waals surface area (Å²) in [5.41, 5.74) is 6.83. The van der Waals surface area contributed by atoms with Crippen LogP contribution in [0.15, 0.2) is 76.3 Å². The fourth-order valence-corrected chi connectivity index (χ4v) is 4.41. The van der Waals surface area contributed by atoms with Crippen molar-refractivity contribution >= 4 is 39.6 Å². The summed E-state index contributed by atoms with van der Waals surface area (Å²) >= 11 is 3.40. The van der Waals surface area contributed by atoms with Crippen LogP contribution in [-0.2, 0) is 11.3 Å². The number of halogens is 1. The number of aryl methyl sites for hydroxylation is 1. The summed E-state index contributed by atoms with van der Waals surface area (Å²) in [7, 11) is 0. The minimum absolute atomic E-state index is 0.295. The molecule has 38 heavy (non-hydrogen) atoms. The van der Waals surface area contributed by atoms with Gasteiger partial charge in [-0.25, -0.2) is 5.43 Å². The molecule has 0 atom stereocenters. The molecule has 0 bridgehead atoms. The summed E-state index contributed by atoms with van der Waals surface area (Å²) in [6, 6.07) is 20.4. The van der Waals surface area contributed by atoms with E-state index >= 15 is 0 Å². The average Bonchev–Trinajstić information content (AvgIpc) is 2.93. The summed E-state index contributed by atoms with van der Waals surface area (Å²) < 4.78 is 6.10. The topological polar surface area (TPSA) is 95.1 Å². The quantitative estimate of drug-likeness (QED) is 0.191. The molecule has 9 heteroatoms. The molecular formula is C29H32BrN5O3. The van der Waals surface area contributed by atoms with Gasteiger partial charge in [-0.05, 0) is 48.4 Å². The lowest BCUT2D eigenvalue weighted by Crippen LogP contribution is -2.40. The Bertz CT molecular complexity index is 1270. The highest BCUT2D eigenvalue weighted by Crippen LogP contribution is 2.22. The van der Waals surface area contributed by atoms with Crippen LogP contribution >= 0.6 is 15.9 Å². The van der Waals surface area contributed by atoms with Gasteiger partial charge in [-0.3, -0.25) is 14.5 Å². The maximum absolute atomic E-state index is 12.9. The zero-order valence-electron chi connectivity index (χ0n) is 21.4. The first-order valence-corrected chi connectivity index (χ1v) is 13.4. The van der Waals surface area contributed by atoms with Crippen LogP contribution in [0.3, 0.4) is 0 Å². The maximum Gasteiger partial charge on any atom is 0.273 e. The molecule has 1 aliphatic rings. The van der Waals surface area contributed by atoms with Gasteiger partial charge in [0, 0.05) is 42.8 Å². The highest BCUT2D eigenvalue weighted by Gasteiger charge is 2.15. The predicted octanol–water partition coefficient (Wildman–Crippen LogP) is 4.20. The van der Waals surface area contributed by atoms with E-state index in [2.05, 4.69) is 42.0 Å². The van der Waals surface area contributed by atoms with Crippen LogP contribution in [0, 0.1) is 6.92 Å². The van der Waals surface area contributed by atoms with Gasteiger partial charge in [0.1, 0.15) is 0 Å². The van der Waals surface area contributed by atoms with Crippen LogP contribution in [0.2, 0.25) is 0 Å². The van der Waals surface area contributed by atoms with E-state index in [1.807, 2.05) is 43.3 Å². The zero-order chi connectivity index (χ0) is 26.7. The molecule has 0 radical (unpaired) electrons. The van der Waals surface area contributed by atoms with Crippen molar-refractivity contribution in [1.82, 2.24) is 15.6 Å². The molecule has 0 spiro atoms. The van der Waals surface area contributed by atoms with Crippen LogP contribution in [0.4, 0.5) is 5.69 Å². The zero-order valence-corrected chi connectivity index (χ0v) is 23.0. The maximum atomic E-state index is 12.9. The van der Waals surface area contributed by atoms with Crippen molar-refractivity contribution in [3.05, 3.63) is 99.0 Å². The number of morpholine rings is 1. The monoisotopic (exact) mass is 577 g/mol. The second-order valence-corrected chi connectivity index (χ2v) is 10.0. The normalized spacial score (nSPS) is 13.9. The first kappa shape index (κ1) is 27.7. The average molecular weight is 579 g/mol. The highest BCUT2D eigenvalue weighted by atomic mass is 79.9. The van der Waals surface area contributed by atoms with Gasteiger partial charge in [-0.2, -0.15) is 5.10 Å². The smallest absolute Gasteiger partial charge is 0.273 e. The second kappa shape index (κ2) is 14.0. The number of benzene rings is 3. The van der Waals surface area contributed by atoms with Gasteiger partial charge in [-0.15, -0.1) is 0 Å². The van der Waals surface area contributed by atoms with Crippen molar-refractivity contribution < 1.29 is 14.3 Å². The van der Waals surface area contributed by atoms with E-state index in [4.69, 9.17) is 4.74 Å². The summed E-state index contributed by atoms with van der Waals surface area (Å²) in [6.07, 6.45) is 1.58. The third kappa shape index (κ3) is 8.32. The molecule has 2 amide bonds. The largest absolute Gasteiger partial charge is 0.379 e. The molecule has 1 heterocycles. The Kier molecular flexibility index (Phi) is 10.2. The molecule has 8 nitrogen and oxygen atoms in total. The van der Waals surface area contributed by atoms with Crippen LogP contribution < -0.4 is 16.1 Å². The van der Waals surface area contributed by atoms with E-state index in [9.17, 15) is 9.59 Å².